The smallest absolute Gasteiger partial charge is 0.326 e. The number of nitrogens with zero attached hydrogens (tertiary/aromatic N) is 1. The summed E-state index contributed by atoms with van der Waals surface area (Å²) >= 11 is 0. The van der Waals surface area contributed by atoms with Gasteiger partial charge in [-0.15, -0.1) is 0 Å². The highest BCUT2D eigenvalue weighted by molar-refractivity contribution is 5.86. The maximum absolute atomic E-state index is 11.8. The first-order valence-electron chi connectivity index (χ1n) is 6.96. The maximum Gasteiger partial charge on any atom is 0.326 e. The van der Waals surface area contributed by atoms with Crippen LogP contribution in [0.25, 0.3) is 0 Å². The van der Waals surface area contributed by atoms with Crippen LogP contribution in [-0.4, -0.2) is 53.6 Å². The number of carbonyl (C=O) groups is 3. The molecule has 3 N–H and O–H groups in total. The van der Waals surface area contributed by atoms with Gasteiger partial charge in [-0.3, -0.25) is 4.79 Å². The van der Waals surface area contributed by atoms with Crippen LogP contribution in [0.1, 0.15) is 33.1 Å². The first kappa shape index (κ1) is 16.3. The number of carboxylic acid groups (broad SMARTS) is 1. The normalized spacial score (nSPS) is 16.6. The highest BCUT2D eigenvalue weighted by atomic mass is 16.4. The topological polar surface area (TPSA) is 98.7 Å². The third-order valence-electron chi connectivity index (χ3n) is 3.33. The Morgan fingerprint density at radius 3 is 2.25 bits per heavy atom. The molecule has 0 aliphatic carbocycles. The van der Waals surface area contributed by atoms with Crippen molar-refractivity contribution in [3.05, 3.63) is 0 Å². The summed E-state index contributed by atoms with van der Waals surface area (Å²) in [4.78, 5) is 36.1. The van der Waals surface area contributed by atoms with Gasteiger partial charge < -0.3 is 20.6 Å². The van der Waals surface area contributed by atoms with Crippen LogP contribution in [-0.2, 0) is 9.59 Å². The van der Waals surface area contributed by atoms with Crippen LogP contribution in [0.5, 0.6) is 0 Å². The van der Waals surface area contributed by atoms with Gasteiger partial charge in [-0.1, -0.05) is 13.8 Å². The van der Waals surface area contributed by atoms with Crippen LogP contribution in [0.4, 0.5) is 4.79 Å². The lowest BCUT2D eigenvalue weighted by Gasteiger charge is -2.27. The molecule has 1 atom stereocenters. The number of nitrogens with one attached hydrogen (secondary N) is 2. The number of hydrogen-bond acceptors (Lipinski definition) is 3. The van der Waals surface area contributed by atoms with Gasteiger partial charge in [0.2, 0.25) is 5.91 Å². The van der Waals surface area contributed by atoms with Crippen LogP contribution in [0, 0.1) is 5.92 Å². The molecule has 0 aromatic carbocycles. The number of piperidine rings is 1. The average molecular weight is 285 g/mol. The first-order chi connectivity index (χ1) is 9.41. The van der Waals surface area contributed by atoms with Gasteiger partial charge in [0.25, 0.3) is 0 Å². The van der Waals surface area contributed by atoms with E-state index in [1.807, 2.05) is 0 Å². The van der Waals surface area contributed by atoms with Gasteiger partial charge in [0.05, 0.1) is 6.54 Å². The van der Waals surface area contributed by atoms with Crippen molar-refractivity contribution < 1.29 is 19.5 Å². The second-order valence-corrected chi connectivity index (χ2v) is 5.33. The molecule has 0 bridgehead atoms. The monoisotopic (exact) mass is 285 g/mol. The van der Waals surface area contributed by atoms with Crippen LogP contribution in [0.3, 0.4) is 0 Å². The molecule has 1 aliphatic rings. The predicted molar refractivity (Wildman–Crippen MR) is 73.2 cm³/mol. The lowest BCUT2D eigenvalue weighted by molar-refractivity contribution is -0.140. The summed E-state index contributed by atoms with van der Waals surface area (Å²) in [5, 5.41) is 13.7. The molecule has 0 spiro atoms. The van der Waals surface area contributed by atoms with Crippen LogP contribution >= 0.6 is 0 Å². The van der Waals surface area contributed by atoms with E-state index in [-0.39, 0.29) is 18.4 Å². The Bertz CT molecular complexity index is 365. The molecular formula is C13H23N3O4. The molecular weight excluding hydrogens is 262 g/mol. The summed E-state index contributed by atoms with van der Waals surface area (Å²) in [5.74, 6) is -1.44. The Kier molecular flexibility index (Phi) is 6.27. The zero-order valence-electron chi connectivity index (χ0n) is 12.0. The lowest BCUT2D eigenvalue weighted by atomic mass is 10.1. The Morgan fingerprint density at radius 2 is 1.75 bits per heavy atom. The molecule has 1 aliphatic heterocycles. The molecule has 1 saturated heterocycles. The highest BCUT2D eigenvalue weighted by Crippen LogP contribution is 2.08. The Labute approximate surface area is 118 Å². The summed E-state index contributed by atoms with van der Waals surface area (Å²) in [7, 11) is 0. The van der Waals surface area contributed by atoms with Crippen molar-refractivity contribution in [2.24, 2.45) is 5.92 Å². The third-order valence-corrected chi connectivity index (χ3v) is 3.33. The minimum absolute atomic E-state index is 0.101. The molecule has 20 heavy (non-hydrogen) atoms. The van der Waals surface area contributed by atoms with Crippen molar-refractivity contribution in [3.63, 3.8) is 0 Å². The quantitative estimate of drug-likeness (QED) is 0.681. The van der Waals surface area contributed by atoms with E-state index < -0.39 is 18.0 Å². The number of likely N-dealkylation sites (tertiary alicyclic amines) is 1. The fraction of sp³-hybridized carbons (Fsp3) is 0.769. The summed E-state index contributed by atoms with van der Waals surface area (Å²) in [5.41, 5.74) is 0. The van der Waals surface area contributed by atoms with E-state index in [4.69, 9.17) is 5.11 Å². The van der Waals surface area contributed by atoms with E-state index in [9.17, 15) is 14.4 Å². The largest absolute Gasteiger partial charge is 0.480 e. The molecule has 1 rings (SSSR count). The van der Waals surface area contributed by atoms with Gasteiger partial charge in [-0.05, 0) is 25.2 Å². The van der Waals surface area contributed by atoms with E-state index >= 15 is 0 Å². The molecule has 7 nitrogen and oxygen atoms in total. The van der Waals surface area contributed by atoms with Crippen LogP contribution < -0.4 is 10.6 Å². The van der Waals surface area contributed by atoms with Crippen molar-refractivity contribution in [1.29, 1.82) is 0 Å². The van der Waals surface area contributed by atoms with Gasteiger partial charge in [0.15, 0.2) is 0 Å². The second kappa shape index (κ2) is 7.72. The summed E-state index contributed by atoms with van der Waals surface area (Å²) in [6.07, 6.45) is 3.12. The van der Waals surface area contributed by atoms with E-state index in [0.29, 0.717) is 0 Å². The molecule has 0 unspecified atom stereocenters. The standard InChI is InChI=1S/C13H23N3O4/c1-9(2)11(12(18)19)15-13(20)14-8-10(17)16-6-4-3-5-7-16/h9,11H,3-8H2,1-2H3,(H,18,19)(H2,14,15,20)/t11-/m1/s1. The first-order valence-corrected chi connectivity index (χ1v) is 6.96. The number of aliphatic carboxylic acids is 1. The Hall–Kier alpha value is -1.79. The molecule has 1 heterocycles. The Balaban J connectivity index is 2.34. The van der Waals surface area contributed by atoms with Crippen molar-refractivity contribution >= 4 is 17.9 Å². The van der Waals surface area contributed by atoms with Crippen LogP contribution in [0.2, 0.25) is 0 Å². The van der Waals surface area contributed by atoms with Crippen molar-refractivity contribution in [3.8, 4) is 0 Å². The van der Waals surface area contributed by atoms with Gasteiger partial charge in [0.1, 0.15) is 6.04 Å². The third kappa shape index (κ3) is 5.07. The molecule has 0 aromatic rings. The minimum Gasteiger partial charge on any atom is -0.480 e. The predicted octanol–water partition coefficient (Wildman–Crippen LogP) is 0.407. The summed E-state index contributed by atoms with van der Waals surface area (Å²) in [6, 6.07) is -1.59. The molecule has 0 radical (unpaired) electrons. The van der Waals surface area contributed by atoms with Crippen LogP contribution in [0.15, 0.2) is 0 Å². The van der Waals surface area contributed by atoms with Crippen molar-refractivity contribution in [2.45, 2.75) is 39.2 Å². The van der Waals surface area contributed by atoms with E-state index in [0.717, 1.165) is 32.4 Å². The van der Waals surface area contributed by atoms with Crippen molar-refractivity contribution in [1.82, 2.24) is 15.5 Å². The molecule has 0 saturated carbocycles. The molecule has 0 aromatic heterocycles. The molecule has 1 fully saturated rings. The van der Waals surface area contributed by atoms with Gasteiger partial charge in [0, 0.05) is 13.1 Å². The van der Waals surface area contributed by atoms with E-state index in [1.54, 1.807) is 18.7 Å². The maximum atomic E-state index is 11.8. The van der Waals surface area contributed by atoms with Gasteiger partial charge in [-0.2, -0.15) is 0 Å². The number of carbonyl (C=O) groups excluding carboxylic acids is 2. The zero-order valence-corrected chi connectivity index (χ0v) is 12.0. The molecule has 114 valence electrons. The van der Waals surface area contributed by atoms with Gasteiger partial charge in [-0.25, -0.2) is 9.59 Å². The van der Waals surface area contributed by atoms with Gasteiger partial charge >= 0.3 is 12.0 Å². The summed E-state index contributed by atoms with van der Waals surface area (Å²) in [6.45, 7) is 4.77. The number of amides is 3. The minimum atomic E-state index is -1.09. The van der Waals surface area contributed by atoms with E-state index in [2.05, 4.69) is 10.6 Å². The van der Waals surface area contributed by atoms with E-state index in [1.165, 1.54) is 0 Å². The zero-order chi connectivity index (χ0) is 15.1. The summed E-state index contributed by atoms with van der Waals surface area (Å²) < 4.78 is 0. The fourth-order valence-electron chi connectivity index (χ4n) is 2.12. The number of rotatable bonds is 5. The Morgan fingerprint density at radius 1 is 1.15 bits per heavy atom. The van der Waals surface area contributed by atoms with Crippen molar-refractivity contribution in [2.75, 3.05) is 19.6 Å². The second-order valence-electron chi connectivity index (χ2n) is 5.33. The fourth-order valence-corrected chi connectivity index (χ4v) is 2.12. The molecule has 3 amide bonds. The number of hydrogen-bond donors (Lipinski definition) is 3. The number of carboxylic acids is 1. The number of urea groups is 1. The highest BCUT2D eigenvalue weighted by Gasteiger charge is 2.24. The SMILES string of the molecule is CC(C)[C@@H](NC(=O)NCC(=O)N1CCCCC1)C(=O)O. The molecule has 7 heteroatoms. The lowest BCUT2D eigenvalue weighted by Crippen LogP contribution is -2.51. The average Bonchev–Trinajstić information content (AvgIpc) is 2.42.